The van der Waals surface area contributed by atoms with Crippen molar-refractivity contribution >= 4 is 33.6 Å². The lowest BCUT2D eigenvalue weighted by molar-refractivity contribution is 0.214. The first-order valence-electron chi connectivity index (χ1n) is 9.58. The molecule has 1 atom stereocenters. The van der Waals surface area contributed by atoms with Gasteiger partial charge in [0.2, 0.25) is 0 Å². The number of halogens is 2. The third kappa shape index (κ3) is 4.31. The molecule has 0 spiro atoms. The molecule has 3 N–H and O–H groups in total. The Morgan fingerprint density at radius 1 is 1.25 bits per heavy atom. The van der Waals surface area contributed by atoms with E-state index in [0.717, 1.165) is 55.1 Å². The van der Waals surface area contributed by atoms with Crippen molar-refractivity contribution in [3.8, 4) is 5.75 Å². The Labute approximate surface area is 172 Å². The molecule has 2 aromatic carbocycles. The zero-order valence-corrected chi connectivity index (χ0v) is 17.4. The molecule has 2 aromatic rings. The molecular formula is C21H24BrFN4O. The molecule has 2 aliphatic heterocycles. The van der Waals surface area contributed by atoms with E-state index in [9.17, 15) is 4.39 Å². The number of nitrogens with zero attached hydrogens (tertiary/aromatic N) is 1. The van der Waals surface area contributed by atoms with Gasteiger partial charge in [0, 0.05) is 16.1 Å². The highest BCUT2D eigenvalue weighted by Gasteiger charge is 2.21. The summed E-state index contributed by atoms with van der Waals surface area (Å²) in [5, 5.41) is 9.75. The van der Waals surface area contributed by atoms with Crippen LogP contribution in [0.4, 0.5) is 15.8 Å². The van der Waals surface area contributed by atoms with E-state index < -0.39 is 0 Å². The van der Waals surface area contributed by atoms with Crippen LogP contribution < -0.4 is 20.7 Å². The maximum Gasteiger partial charge on any atom is 0.148 e. The first-order valence-corrected chi connectivity index (χ1v) is 10.4. The predicted octanol–water partition coefficient (Wildman–Crippen LogP) is 4.84. The number of nitrogens with one attached hydrogen (secondary N) is 3. The summed E-state index contributed by atoms with van der Waals surface area (Å²) in [4.78, 5) is 4.45. The lowest BCUT2D eigenvalue weighted by Crippen LogP contribution is -2.30. The lowest BCUT2D eigenvalue weighted by Gasteiger charge is -2.26. The lowest BCUT2D eigenvalue weighted by atomic mass is 9.99. The third-order valence-corrected chi connectivity index (χ3v) is 5.74. The first kappa shape index (κ1) is 19.2. The van der Waals surface area contributed by atoms with Gasteiger partial charge in [-0.05, 0) is 68.6 Å². The first-order chi connectivity index (χ1) is 13.6. The summed E-state index contributed by atoms with van der Waals surface area (Å²) in [5.74, 6) is 1.16. The van der Waals surface area contributed by atoms with Crippen LogP contribution in [0.15, 0.2) is 39.8 Å². The highest BCUT2D eigenvalue weighted by Crippen LogP contribution is 2.36. The van der Waals surface area contributed by atoms with Gasteiger partial charge in [-0.3, -0.25) is 0 Å². The van der Waals surface area contributed by atoms with Crippen LogP contribution in [-0.2, 0) is 0 Å². The van der Waals surface area contributed by atoms with Gasteiger partial charge in [0.25, 0.3) is 0 Å². The molecule has 0 amide bonds. The third-order valence-electron chi connectivity index (χ3n) is 5.24. The van der Waals surface area contributed by atoms with Crippen LogP contribution in [0.25, 0.3) is 0 Å². The van der Waals surface area contributed by atoms with Gasteiger partial charge < -0.3 is 20.7 Å². The second kappa shape index (κ2) is 8.49. The van der Waals surface area contributed by atoms with Crippen molar-refractivity contribution in [1.29, 1.82) is 0 Å². The molecule has 2 aliphatic rings. The van der Waals surface area contributed by atoms with Crippen LogP contribution in [0.2, 0.25) is 0 Å². The predicted molar refractivity (Wildman–Crippen MR) is 115 cm³/mol. The fourth-order valence-electron chi connectivity index (χ4n) is 3.60. The van der Waals surface area contributed by atoms with Gasteiger partial charge in [-0.2, -0.15) is 0 Å². The quantitative estimate of drug-likeness (QED) is 0.614. The van der Waals surface area contributed by atoms with Crippen molar-refractivity contribution < 1.29 is 9.13 Å². The minimum atomic E-state index is -0.357. The molecule has 0 saturated carbocycles. The highest BCUT2D eigenvalue weighted by molar-refractivity contribution is 9.10. The van der Waals surface area contributed by atoms with Crippen LogP contribution in [0, 0.1) is 18.7 Å². The van der Waals surface area contributed by atoms with E-state index in [2.05, 4.69) is 42.9 Å². The van der Waals surface area contributed by atoms with Gasteiger partial charge >= 0.3 is 0 Å². The van der Waals surface area contributed by atoms with Gasteiger partial charge in [-0.15, -0.1) is 0 Å². The molecule has 148 valence electrons. The molecule has 2 heterocycles. The van der Waals surface area contributed by atoms with Gasteiger partial charge in [-0.1, -0.05) is 15.9 Å². The monoisotopic (exact) mass is 446 g/mol. The zero-order chi connectivity index (χ0) is 19.5. The molecule has 0 bridgehead atoms. The Morgan fingerprint density at radius 2 is 2.07 bits per heavy atom. The molecule has 0 radical (unpaired) electrons. The summed E-state index contributed by atoms with van der Waals surface area (Å²) in [6.45, 7) is 4.90. The summed E-state index contributed by atoms with van der Waals surface area (Å²) in [6, 6.07) is 9.03. The molecule has 0 aromatic heterocycles. The molecule has 5 nitrogen and oxygen atoms in total. The van der Waals surface area contributed by atoms with Crippen molar-refractivity contribution in [2.75, 3.05) is 30.3 Å². The second-order valence-electron chi connectivity index (χ2n) is 7.30. The van der Waals surface area contributed by atoms with E-state index in [-0.39, 0.29) is 12.0 Å². The molecule has 1 saturated heterocycles. The fourth-order valence-corrected chi connectivity index (χ4v) is 3.94. The average molecular weight is 447 g/mol. The van der Waals surface area contributed by atoms with Gasteiger partial charge in [0.05, 0.1) is 24.3 Å². The van der Waals surface area contributed by atoms with E-state index in [0.29, 0.717) is 16.1 Å². The number of fused-ring (bicyclic) bond motifs is 1. The normalized spacial score (nSPS) is 19.0. The minimum absolute atomic E-state index is 0.316. The molecule has 28 heavy (non-hydrogen) atoms. The molecular weight excluding hydrogens is 423 g/mol. The maximum absolute atomic E-state index is 14.2. The van der Waals surface area contributed by atoms with Crippen molar-refractivity contribution in [3.05, 3.63) is 51.7 Å². The molecule has 1 unspecified atom stereocenters. The molecule has 1 fully saturated rings. The Kier molecular flexibility index (Phi) is 5.82. The molecule has 7 heteroatoms. The van der Waals surface area contributed by atoms with Crippen LogP contribution in [0.5, 0.6) is 5.75 Å². The Bertz CT molecular complexity index is 883. The van der Waals surface area contributed by atoms with Gasteiger partial charge in [0.1, 0.15) is 17.7 Å². The SMILES string of the molecule is Cc1cc2c(cc1OCC1CCNCC1)NC=NC2Nc1ccc(Br)cc1F. The van der Waals surface area contributed by atoms with Crippen LogP contribution >= 0.6 is 15.9 Å². The van der Waals surface area contributed by atoms with Gasteiger partial charge in [0.15, 0.2) is 0 Å². The van der Waals surface area contributed by atoms with Crippen LogP contribution in [0.1, 0.15) is 30.1 Å². The van der Waals surface area contributed by atoms with Crippen molar-refractivity contribution in [2.45, 2.75) is 25.9 Å². The van der Waals surface area contributed by atoms with Crippen LogP contribution in [-0.4, -0.2) is 26.0 Å². The van der Waals surface area contributed by atoms with E-state index in [1.165, 1.54) is 6.07 Å². The summed E-state index contributed by atoms with van der Waals surface area (Å²) in [7, 11) is 0. The zero-order valence-electron chi connectivity index (χ0n) is 15.8. The number of hydrogen-bond donors (Lipinski definition) is 3. The number of benzene rings is 2. The number of anilines is 2. The number of aryl methyl sites for hydroxylation is 1. The summed E-state index contributed by atoms with van der Waals surface area (Å²) in [6.07, 6.45) is 3.59. The van der Waals surface area contributed by atoms with E-state index in [1.54, 1.807) is 18.5 Å². The minimum Gasteiger partial charge on any atom is -0.493 e. The maximum atomic E-state index is 14.2. The number of hydrogen-bond acceptors (Lipinski definition) is 5. The molecule has 0 aliphatic carbocycles. The summed E-state index contributed by atoms with van der Waals surface area (Å²) in [5.41, 5.74) is 3.37. The highest BCUT2D eigenvalue weighted by atomic mass is 79.9. The van der Waals surface area contributed by atoms with E-state index in [4.69, 9.17) is 4.74 Å². The van der Waals surface area contributed by atoms with Crippen LogP contribution in [0.3, 0.4) is 0 Å². The largest absolute Gasteiger partial charge is 0.493 e. The smallest absolute Gasteiger partial charge is 0.148 e. The number of piperidine rings is 1. The fraction of sp³-hybridized carbons (Fsp3) is 0.381. The Morgan fingerprint density at radius 3 is 2.86 bits per heavy atom. The van der Waals surface area contributed by atoms with Crippen molar-refractivity contribution in [3.63, 3.8) is 0 Å². The standard InChI is InChI=1S/C21H24BrFN4O/c1-13-8-16-19(10-20(13)28-11-14-4-6-24-7-5-14)25-12-26-21(16)27-18-3-2-15(22)9-17(18)23/h2-3,8-10,12,14,21,24,27H,4-7,11H2,1H3,(H,25,26). The topological polar surface area (TPSA) is 57.7 Å². The van der Waals surface area contributed by atoms with Crippen molar-refractivity contribution in [2.24, 2.45) is 10.9 Å². The number of ether oxygens (including phenoxy) is 1. The Hall–Kier alpha value is -2.12. The van der Waals surface area contributed by atoms with E-state index in [1.807, 2.05) is 13.0 Å². The number of aliphatic imine (C=N–C) groups is 1. The average Bonchev–Trinajstić information content (AvgIpc) is 2.70. The molecule has 4 rings (SSSR count). The summed E-state index contributed by atoms with van der Waals surface area (Å²) >= 11 is 3.28. The Balaban J connectivity index is 1.51. The van der Waals surface area contributed by atoms with Crippen molar-refractivity contribution in [1.82, 2.24) is 5.32 Å². The number of rotatable bonds is 5. The van der Waals surface area contributed by atoms with Gasteiger partial charge in [-0.25, -0.2) is 9.38 Å². The van der Waals surface area contributed by atoms with E-state index >= 15 is 0 Å². The second-order valence-corrected chi connectivity index (χ2v) is 8.22. The summed E-state index contributed by atoms with van der Waals surface area (Å²) < 4.78 is 21.1.